The van der Waals surface area contributed by atoms with E-state index in [1.807, 2.05) is 0 Å². The van der Waals surface area contributed by atoms with Gasteiger partial charge in [-0.25, -0.2) is 13.6 Å². The lowest BCUT2D eigenvalue weighted by molar-refractivity contribution is 0.588. The Balaban J connectivity index is 3.04. The second-order valence-corrected chi connectivity index (χ2v) is 5.10. The first-order valence-corrected chi connectivity index (χ1v) is 5.67. The maximum atomic E-state index is 11.0. The van der Waals surface area contributed by atoms with Crippen LogP contribution < -0.4 is 5.14 Å². The normalized spacial score (nSPS) is 14.1. The second-order valence-electron chi connectivity index (χ2n) is 2.78. The molecule has 0 amide bonds. The molecule has 13 heavy (non-hydrogen) atoms. The molecular weight excluding hydrogens is 210 g/mol. The van der Waals surface area contributed by atoms with Crippen molar-refractivity contribution in [2.24, 2.45) is 5.14 Å². The first kappa shape index (κ1) is 10.5. The van der Waals surface area contributed by atoms with Crippen molar-refractivity contribution >= 4 is 21.6 Å². The summed E-state index contributed by atoms with van der Waals surface area (Å²) in [7, 11) is -3.51. The number of primary sulfonamides is 1. The van der Waals surface area contributed by atoms with E-state index in [4.69, 9.17) is 16.7 Å². The van der Waals surface area contributed by atoms with Gasteiger partial charge in [0.15, 0.2) is 0 Å². The van der Waals surface area contributed by atoms with Gasteiger partial charge in [0.25, 0.3) is 0 Å². The lowest BCUT2D eigenvalue weighted by Gasteiger charge is -2.08. The number of sulfonamides is 1. The Bertz CT molecular complexity index is 385. The lowest BCUT2D eigenvalue weighted by Crippen LogP contribution is -2.19. The van der Waals surface area contributed by atoms with Crippen molar-refractivity contribution < 1.29 is 8.42 Å². The molecule has 3 nitrogen and oxygen atoms in total. The molecule has 1 aromatic carbocycles. The maximum Gasteiger partial charge on any atom is 0.215 e. The molecular formula is C8H10ClNO2S. The topological polar surface area (TPSA) is 60.2 Å². The number of hydrogen-bond acceptors (Lipinski definition) is 2. The van der Waals surface area contributed by atoms with Crippen LogP contribution in [0.1, 0.15) is 17.7 Å². The lowest BCUT2D eigenvalue weighted by atomic mass is 10.2. The van der Waals surface area contributed by atoms with Crippen LogP contribution in [0, 0.1) is 0 Å². The minimum Gasteiger partial charge on any atom is -0.228 e. The number of benzene rings is 1. The van der Waals surface area contributed by atoms with Crippen LogP contribution in [0.25, 0.3) is 0 Å². The predicted octanol–water partition coefficient (Wildman–Crippen LogP) is 1.69. The largest absolute Gasteiger partial charge is 0.228 e. The van der Waals surface area contributed by atoms with Crippen LogP contribution in [0.15, 0.2) is 24.3 Å². The zero-order chi connectivity index (χ0) is 10.1. The van der Waals surface area contributed by atoms with Gasteiger partial charge in [0.05, 0.1) is 5.25 Å². The number of nitrogens with two attached hydrogens (primary N) is 1. The molecule has 1 aromatic rings. The van der Waals surface area contributed by atoms with Crippen molar-refractivity contribution in [3.63, 3.8) is 0 Å². The molecule has 72 valence electrons. The van der Waals surface area contributed by atoms with E-state index in [1.165, 1.54) is 0 Å². The highest BCUT2D eigenvalue weighted by Crippen LogP contribution is 2.20. The van der Waals surface area contributed by atoms with Gasteiger partial charge in [0.2, 0.25) is 10.0 Å². The molecule has 0 fully saturated rings. The molecule has 5 heteroatoms. The van der Waals surface area contributed by atoms with Gasteiger partial charge in [-0.05, 0) is 24.6 Å². The van der Waals surface area contributed by atoms with Crippen LogP contribution in [0.3, 0.4) is 0 Å². The van der Waals surface area contributed by atoms with Gasteiger partial charge in [-0.1, -0.05) is 23.7 Å². The average Bonchev–Trinajstić information content (AvgIpc) is 2.03. The van der Waals surface area contributed by atoms with Gasteiger partial charge in [-0.3, -0.25) is 0 Å². The van der Waals surface area contributed by atoms with Crippen molar-refractivity contribution in [2.45, 2.75) is 12.2 Å². The van der Waals surface area contributed by atoms with Gasteiger partial charge in [0.1, 0.15) is 0 Å². The fourth-order valence-corrected chi connectivity index (χ4v) is 1.59. The van der Waals surface area contributed by atoms with Gasteiger partial charge in [0, 0.05) is 5.02 Å². The minimum atomic E-state index is -3.51. The van der Waals surface area contributed by atoms with E-state index in [0.717, 1.165) is 0 Å². The van der Waals surface area contributed by atoms with E-state index >= 15 is 0 Å². The molecule has 0 bridgehead atoms. The predicted molar refractivity (Wildman–Crippen MR) is 53.0 cm³/mol. The molecule has 0 radical (unpaired) electrons. The highest BCUT2D eigenvalue weighted by Gasteiger charge is 2.17. The third-order valence-corrected chi connectivity index (χ3v) is 3.34. The summed E-state index contributed by atoms with van der Waals surface area (Å²) in [6.07, 6.45) is 0. The smallest absolute Gasteiger partial charge is 0.215 e. The van der Waals surface area contributed by atoms with Crippen LogP contribution >= 0.6 is 11.6 Å². The highest BCUT2D eigenvalue weighted by atomic mass is 35.5. The summed E-state index contributed by atoms with van der Waals surface area (Å²) in [6, 6.07) is 6.58. The van der Waals surface area contributed by atoms with Crippen molar-refractivity contribution in [3.8, 4) is 0 Å². The van der Waals surface area contributed by atoms with Crippen molar-refractivity contribution in [3.05, 3.63) is 34.9 Å². The Morgan fingerprint density at radius 1 is 1.31 bits per heavy atom. The standard InChI is InChI=1S/C8H10ClNO2S/c1-6(13(10,11)12)7-2-4-8(9)5-3-7/h2-6H,1H3,(H2,10,11,12). The van der Waals surface area contributed by atoms with Crippen molar-refractivity contribution in [2.75, 3.05) is 0 Å². The average molecular weight is 220 g/mol. The highest BCUT2D eigenvalue weighted by molar-refractivity contribution is 7.89. The third-order valence-electron chi connectivity index (χ3n) is 1.83. The van der Waals surface area contributed by atoms with E-state index in [-0.39, 0.29) is 0 Å². The van der Waals surface area contributed by atoms with Crippen LogP contribution in [0.2, 0.25) is 5.02 Å². The Morgan fingerprint density at radius 3 is 2.15 bits per heavy atom. The number of halogens is 1. The molecule has 0 spiro atoms. The summed E-state index contributed by atoms with van der Waals surface area (Å²) in [4.78, 5) is 0. The molecule has 0 saturated carbocycles. The van der Waals surface area contributed by atoms with Crippen LogP contribution in [0.5, 0.6) is 0 Å². The summed E-state index contributed by atoms with van der Waals surface area (Å²) >= 11 is 5.65. The number of hydrogen-bond donors (Lipinski definition) is 1. The molecule has 0 aliphatic rings. The summed E-state index contributed by atoms with van der Waals surface area (Å²) in [5.41, 5.74) is 0.645. The zero-order valence-corrected chi connectivity index (χ0v) is 8.64. The van der Waals surface area contributed by atoms with Gasteiger partial charge >= 0.3 is 0 Å². The fourth-order valence-electron chi connectivity index (χ4n) is 0.923. The Morgan fingerprint density at radius 2 is 1.77 bits per heavy atom. The van der Waals surface area contributed by atoms with Gasteiger partial charge in [-0.2, -0.15) is 0 Å². The monoisotopic (exact) mass is 219 g/mol. The molecule has 1 atom stereocenters. The summed E-state index contributed by atoms with van der Waals surface area (Å²) in [5.74, 6) is 0. The molecule has 0 heterocycles. The van der Waals surface area contributed by atoms with Crippen LogP contribution in [-0.4, -0.2) is 8.42 Å². The van der Waals surface area contributed by atoms with E-state index in [1.54, 1.807) is 31.2 Å². The Hall–Kier alpha value is -0.580. The molecule has 0 aliphatic carbocycles. The zero-order valence-electron chi connectivity index (χ0n) is 7.07. The van der Waals surface area contributed by atoms with Crippen LogP contribution in [0.4, 0.5) is 0 Å². The maximum absolute atomic E-state index is 11.0. The van der Waals surface area contributed by atoms with E-state index in [0.29, 0.717) is 10.6 Å². The summed E-state index contributed by atoms with van der Waals surface area (Å²) < 4.78 is 21.9. The molecule has 1 unspecified atom stereocenters. The molecule has 2 N–H and O–H groups in total. The second kappa shape index (κ2) is 3.65. The number of rotatable bonds is 2. The molecule has 1 rings (SSSR count). The van der Waals surface area contributed by atoms with Crippen LogP contribution in [-0.2, 0) is 10.0 Å². The first-order chi connectivity index (χ1) is 5.91. The third kappa shape index (κ3) is 2.69. The van der Waals surface area contributed by atoms with Crippen molar-refractivity contribution in [1.29, 1.82) is 0 Å². The molecule has 0 saturated heterocycles. The fraction of sp³-hybridized carbons (Fsp3) is 0.250. The quantitative estimate of drug-likeness (QED) is 0.823. The summed E-state index contributed by atoms with van der Waals surface area (Å²) in [6.45, 7) is 1.54. The molecule has 0 aliphatic heterocycles. The first-order valence-electron chi connectivity index (χ1n) is 3.68. The summed E-state index contributed by atoms with van der Waals surface area (Å²) in [5, 5.41) is 4.87. The van der Waals surface area contributed by atoms with Crippen molar-refractivity contribution in [1.82, 2.24) is 0 Å². The van der Waals surface area contributed by atoms with Gasteiger partial charge < -0.3 is 0 Å². The van der Waals surface area contributed by atoms with E-state index in [2.05, 4.69) is 0 Å². The minimum absolute atomic E-state index is 0.574. The van der Waals surface area contributed by atoms with E-state index in [9.17, 15) is 8.42 Å². The Kier molecular flexibility index (Phi) is 2.95. The SMILES string of the molecule is CC(c1ccc(Cl)cc1)S(N)(=O)=O. The Labute approximate surface area is 82.6 Å². The van der Waals surface area contributed by atoms with E-state index < -0.39 is 15.3 Å². The van der Waals surface area contributed by atoms with Gasteiger partial charge in [-0.15, -0.1) is 0 Å². The molecule has 0 aromatic heterocycles.